The van der Waals surface area contributed by atoms with Crippen LogP contribution in [0.1, 0.15) is 20.7 Å². The van der Waals surface area contributed by atoms with E-state index in [1.54, 1.807) is 0 Å². The highest BCUT2D eigenvalue weighted by molar-refractivity contribution is 5.95. The Bertz CT molecular complexity index is 1170. The zero-order valence-corrected chi connectivity index (χ0v) is 18.7. The van der Waals surface area contributed by atoms with E-state index in [0.717, 1.165) is 73.9 Å². The fourth-order valence-electron chi connectivity index (χ4n) is 4.44. The number of para-hydroxylation sites is 1. The van der Waals surface area contributed by atoms with Crippen LogP contribution < -0.4 is 10.2 Å². The van der Waals surface area contributed by atoms with Gasteiger partial charge in [-0.3, -0.25) is 9.59 Å². The van der Waals surface area contributed by atoms with Crippen LogP contribution in [0.4, 0.5) is 17.2 Å². The number of carbonyl (C=O) groups is 2. The Morgan fingerprint density at radius 3 is 2.45 bits per heavy atom. The summed E-state index contributed by atoms with van der Waals surface area (Å²) in [6, 6.07) is 17.4. The number of benzene rings is 2. The molecule has 33 heavy (non-hydrogen) atoms. The van der Waals surface area contributed by atoms with Gasteiger partial charge in [0.15, 0.2) is 6.29 Å². The third-order valence-corrected chi connectivity index (χ3v) is 6.40. The summed E-state index contributed by atoms with van der Waals surface area (Å²) in [5, 5.41) is 3.35. The molecule has 0 radical (unpaired) electrons. The molecule has 0 aliphatic carbocycles. The largest absolute Gasteiger partial charge is 0.367 e. The van der Waals surface area contributed by atoms with Crippen LogP contribution in [0.5, 0.6) is 0 Å². The second-order valence-corrected chi connectivity index (χ2v) is 8.52. The quantitative estimate of drug-likeness (QED) is 0.625. The molecule has 0 unspecified atom stereocenters. The average molecular weight is 442 g/mol. The van der Waals surface area contributed by atoms with Crippen molar-refractivity contribution >= 4 is 29.4 Å². The number of fused-ring (bicyclic) bond motifs is 1. The van der Waals surface area contributed by atoms with Crippen LogP contribution in [0.25, 0.3) is 11.1 Å². The topological polar surface area (TPSA) is 68.8 Å². The maximum absolute atomic E-state index is 12.9. The monoisotopic (exact) mass is 441 g/mol. The van der Waals surface area contributed by atoms with Gasteiger partial charge in [-0.1, -0.05) is 24.3 Å². The number of aldehydes is 1. The number of hydrogen-bond donors (Lipinski definition) is 1. The van der Waals surface area contributed by atoms with Crippen LogP contribution >= 0.6 is 0 Å². The van der Waals surface area contributed by atoms with Crippen molar-refractivity contribution in [1.82, 2.24) is 14.8 Å². The smallest absolute Gasteiger partial charge is 0.253 e. The van der Waals surface area contributed by atoms with E-state index in [1.807, 2.05) is 59.6 Å². The predicted molar refractivity (Wildman–Crippen MR) is 130 cm³/mol. The molecule has 7 heteroatoms. The Hall–Kier alpha value is -3.71. The number of nitrogens with one attached hydrogen (secondary N) is 1. The standard InChI is InChI=1S/C26H27N5O2/c1-29-12-14-30(15-13-29)26(33)20-8-6-19(7-9-20)22-16-24-25(28-17-22)27-10-11-31(24)23-5-3-2-4-21(23)18-32/h2-9,16-18H,10-15H2,1H3,(H,27,28). The number of carbonyl (C=O) groups excluding carboxylic acids is 2. The van der Waals surface area contributed by atoms with Gasteiger partial charge in [0, 0.05) is 62.2 Å². The summed E-state index contributed by atoms with van der Waals surface area (Å²) in [7, 11) is 2.08. The number of rotatable bonds is 4. The van der Waals surface area contributed by atoms with Gasteiger partial charge in [0.1, 0.15) is 5.82 Å². The number of amides is 1. The van der Waals surface area contributed by atoms with Crippen molar-refractivity contribution in [2.45, 2.75) is 0 Å². The lowest BCUT2D eigenvalue weighted by Gasteiger charge is -2.32. The molecule has 0 spiro atoms. The summed E-state index contributed by atoms with van der Waals surface area (Å²) in [6.07, 6.45) is 2.74. The van der Waals surface area contributed by atoms with Crippen molar-refractivity contribution in [3.05, 3.63) is 71.9 Å². The van der Waals surface area contributed by atoms with E-state index in [0.29, 0.717) is 11.1 Å². The van der Waals surface area contributed by atoms with Crippen molar-refractivity contribution in [2.75, 3.05) is 56.5 Å². The van der Waals surface area contributed by atoms with Crippen molar-refractivity contribution in [3.8, 4) is 11.1 Å². The van der Waals surface area contributed by atoms with Crippen LogP contribution in [0, 0.1) is 0 Å². The SMILES string of the molecule is CN1CCN(C(=O)c2ccc(-c3cnc4c(c3)N(c3ccccc3C=O)CCN4)cc2)CC1. The summed E-state index contributed by atoms with van der Waals surface area (Å²) in [6.45, 7) is 4.82. The fraction of sp³-hybridized carbons (Fsp3) is 0.269. The van der Waals surface area contributed by atoms with E-state index in [1.165, 1.54) is 0 Å². The zero-order valence-electron chi connectivity index (χ0n) is 18.7. The lowest BCUT2D eigenvalue weighted by Crippen LogP contribution is -2.47. The van der Waals surface area contributed by atoms with Gasteiger partial charge in [0.05, 0.1) is 11.4 Å². The number of anilines is 3. The van der Waals surface area contributed by atoms with E-state index in [2.05, 4.69) is 33.2 Å². The molecule has 0 saturated carbocycles. The molecule has 2 aliphatic heterocycles. The number of likely N-dealkylation sites (N-methyl/N-ethyl adjacent to an activating group) is 1. The highest BCUT2D eigenvalue weighted by Crippen LogP contribution is 2.37. The summed E-state index contributed by atoms with van der Waals surface area (Å²) in [5.41, 5.74) is 5.13. The fourth-order valence-corrected chi connectivity index (χ4v) is 4.44. The molecule has 2 aromatic carbocycles. The number of aromatic nitrogens is 1. The van der Waals surface area contributed by atoms with E-state index in [9.17, 15) is 9.59 Å². The minimum Gasteiger partial charge on any atom is -0.367 e. The average Bonchev–Trinajstić information content (AvgIpc) is 2.88. The van der Waals surface area contributed by atoms with Crippen LogP contribution in [-0.2, 0) is 0 Å². The van der Waals surface area contributed by atoms with Gasteiger partial charge in [-0.25, -0.2) is 4.98 Å². The Kier molecular flexibility index (Phi) is 5.79. The van der Waals surface area contributed by atoms with Gasteiger partial charge in [0.25, 0.3) is 5.91 Å². The van der Waals surface area contributed by atoms with Crippen LogP contribution in [0.2, 0.25) is 0 Å². The summed E-state index contributed by atoms with van der Waals surface area (Å²) in [4.78, 5) is 35.4. The first-order chi connectivity index (χ1) is 16.1. The predicted octanol–water partition coefficient (Wildman–Crippen LogP) is 3.51. The highest BCUT2D eigenvalue weighted by atomic mass is 16.2. The molecule has 0 bridgehead atoms. The molecule has 0 atom stereocenters. The third-order valence-electron chi connectivity index (χ3n) is 6.40. The Labute approximate surface area is 193 Å². The lowest BCUT2D eigenvalue weighted by atomic mass is 10.0. The summed E-state index contributed by atoms with van der Waals surface area (Å²) in [5.74, 6) is 0.881. The second-order valence-electron chi connectivity index (χ2n) is 8.52. The van der Waals surface area contributed by atoms with Crippen molar-refractivity contribution in [2.24, 2.45) is 0 Å². The van der Waals surface area contributed by atoms with E-state index in [4.69, 9.17) is 0 Å². The molecule has 3 aromatic rings. The summed E-state index contributed by atoms with van der Waals surface area (Å²) < 4.78 is 0. The van der Waals surface area contributed by atoms with E-state index in [-0.39, 0.29) is 5.91 Å². The molecule has 1 aromatic heterocycles. The van der Waals surface area contributed by atoms with Crippen molar-refractivity contribution < 1.29 is 9.59 Å². The minimum atomic E-state index is 0.0825. The van der Waals surface area contributed by atoms with Gasteiger partial charge in [0.2, 0.25) is 0 Å². The number of hydrogen-bond acceptors (Lipinski definition) is 6. The number of pyridine rings is 1. The third kappa shape index (κ3) is 4.19. The highest BCUT2D eigenvalue weighted by Gasteiger charge is 2.23. The molecule has 168 valence electrons. The normalized spacial score (nSPS) is 16.2. The molecular formula is C26H27N5O2. The first-order valence-electron chi connectivity index (χ1n) is 11.3. The molecular weight excluding hydrogens is 414 g/mol. The van der Waals surface area contributed by atoms with Gasteiger partial charge < -0.3 is 20.0 Å². The summed E-state index contributed by atoms with van der Waals surface area (Å²) >= 11 is 0. The molecule has 5 rings (SSSR count). The Balaban J connectivity index is 1.42. The van der Waals surface area contributed by atoms with E-state index >= 15 is 0 Å². The van der Waals surface area contributed by atoms with Crippen LogP contribution in [-0.4, -0.2) is 73.3 Å². The number of piperazine rings is 1. The lowest BCUT2D eigenvalue weighted by molar-refractivity contribution is 0.0664. The molecule has 1 amide bonds. The maximum Gasteiger partial charge on any atom is 0.253 e. The van der Waals surface area contributed by atoms with Gasteiger partial charge in [-0.05, 0) is 42.9 Å². The number of nitrogens with zero attached hydrogens (tertiary/aromatic N) is 4. The Morgan fingerprint density at radius 2 is 1.70 bits per heavy atom. The first-order valence-corrected chi connectivity index (χ1v) is 11.3. The second kappa shape index (κ2) is 9.03. The Morgan fingerprint density at radius 1 is 0.939 bits per heavy atom. The molecule has 1 fully saturated rings. The molecule has 3 heterocycles. The van der Waals surface area contributed by atoms with Gasteiger partial charge >= 0.3 is 0 Å². The van der Waals surface area contributed by atoms with Crippen LogP contribution in [0.15, 0.2) is 60.8 Å². The van der Waals surface area contributed by atoms with Crippen molar-refractivity contribution in [3.63, 3.8) is 0 Å². The van der Waals surface area contributed by atoms with Gasteiger partial charge in [-0.15, -0.1) is 0 Å². The van der Waals surface area contributed by atoms with Gasteiger partial charge in [-0.2, -0.15) is 0 Å². The minimum absolute atomic E-state index is 0.0825. The zero-order chi connectivity index (χ0) is 22.8. The molecule has 1 saturated heterocycles. The first kappa shape index (κ1) is 21.2. The molecule has 1 N–H and O–H groups in total. The molecule has 2 aliphatic rings. The van der Waals surface area contributed by atoms with Crippen LogP contribution in [0.3, 0.4) is 0 Å². The van der Waals surface area contributed by atoms with E-state index < -0.39 is 0 Å². The maximum atomic E-state index is 12.9. The molecule has 7 nitrogen and oxygen atoms in total. The van der Waals surface area contributed by atoms with Crippen molar-refractivity contribution in [1.29, 1.82) is 0 Å².